The molecule has 0 nitrogen and oxygen atoms in total. The fourth-order valence-corrected chi connectivity index (χ4v) is 5.91. The lowest BCUT2D eigenvalue weighted by Crippen LogP contribution is -2.12. The molecule has 0 radical (unpaired) electrons. The van der Waals surface area contributed by atoms with Crippen molar-refractivity contribution in [2.24, 2.45) is 0 Å². The molecule has 3 aromatic carbocycles. The highest BCUT2D eigenvalue weighted by Crippen LogP contribution is 2.49. The molecule has 0 fully saturated rings. The predicted octanol–water partition coefficient (Wildman–Crippen LogP) is 5.87. The van der Waals surface area contributed by atoms with E-state index in [1.54, 1.807) is 0 Å². The third-order valence-electron chi connectivity index (χ3n) is 3.70. The molecule has 0 N–H and O–H groups in total. The molecule has 24 heavy (non-hydrogen) atoms. The second kappa shape index (κ2) is 8.87. The summed E-state index contributed by atoms with van der Waals surface area (Å²) in [5.41, 5.74) is 1.32. The van der Waals surface area contributed by atoms with Crippen LogP contribution in [0.2, 0.25) is 0 Å². The monoisotopic (exact) mass is 348 g/mol. The average molecular weight is 348 g/mol. The third-order valence-corrected chi connectivity index (χ3v) is 7.11. The number of thioether (sulfide) groups is 1. The molecule has 0 bridgehead atoms. The fraction of sp³-hybridized carbons (Fsp3) is 0.0909. The summed E-state index contributed by atoms with van der Waals surface area (Å²) >= 11 is 1.88. The van der Waals surface area contributed by atoms with Crippen LogP contribution >= 0.6 is 19.7 Å². The Balaban J connectivity index is 2.14. The highest BCUT2D eigenvalue weighted by atomic mass is 32.2. The van der Waals surface area contributed by atoms with Crippen molar-refractivity contribution in [1.82, 2.24) is 0 Å². The summed E-state index contributed by atoms with van der Waals surface area (Å²) in [6.07, 6.45) is 0. The van der Waals surface area contributed by atoms with E-state index >= 15 is 0 Å². The smallest absolute Gasteiger partial charge is 0.00156 e. The van der Waals surface area contributed by atoms with Gasteiger partial charge in [0.15, 0.2) is 0 Å². The van der Waals surface area contributed by atoms with Gasteiger partial charge in [-0.1, -0.05) is 97.9 Å². The van der Waals surface area contributed by atoms with Crippen LogP contribution in [0.25, 0.3) is 5.31 Å². The molecular weight excluding hydrogens is 327 g/mol. The lowest BCUT2D eigenvalue weighted by Gasteiger charge is -2.22. The van der Waals surface area contributed by atoms with Crippen LogP contribution in [0.5, 0.6) is 0 Å². The van der Waals surface area contributed by atoms with E-state index in [0.717, 1.165) is 5.75 Å². The maximum atomic E-state index is 2.36. The molecule has 0 atom stereocenters. The predicted molar refractivity (Wildman–Crippen MR) is 112 cm³/mol. The Kier molecular flexibility index (Phi) is 6.29. The summed E-state index contributed by atoms with van der Waals surface area (Å²) in [4.78, 5) is 0. The lowest BCUT2D eigenvalue weighted by atomic mass is 10.2. The van der Waals surface area contributed by atoms with Crippen LogP contribution in [0.1, 0.15) is 12.5 Å². The van der Waals surface area contributed by atoms with E-state index in [0.29, 0.717) is 0 Å². The first kappa shape index (κ1) is 17.0. The molecular formula is C22H21PS. The van der Waals surface area contributed by atoms with E-state index < -0.39 is 7.92 Å². The maximum absolute atomic E-state index is 2.36. The molecule has 3 aromatic rings. The molecule has 0 amide bonds. The van der Waals surface area contributed by atoms with Crippen LogP contribution < -0.4 is 10.6 Å². The third kappa shape index (κ3) is 4.17. The normalized spacial score (nSPS) is 11.7. The highest BCUT2D eigenvalue weighted by Gasteiger charge is 2.19. The van der Waals surface area contributed by atoms with Gasteiger partial charge in [0.1, 0.15) is 0 Å². The van der Waals surface area contributed by atoms with Crippen LogP contribution in [0.4, 0.5) is 0 Å². The van der Waals surface area contributed by atoms with Crippen molar-refractivity contribution in [2.75, 3.05) is 5.75 Å². The molecule has 120 valence electrons. The zero-order valence-electron chi connectivity index (χ0n) is 13.8. The zero-order chi connectivity index (χ0) is 16.6. The van der Waals surface area contributed by atoms with Crippen LogP contribution in [0.15, 0.2) is 96.4 Å². The number of benzene rings is 3. The average Bonchev–Trinajstić information content (AvgIpc) is 2.67. The standard InChI is InChI=1S/C22H21PS/c1-2-24-18-22(19-12-6-3-7-13-19)23(20-14-8-4-9-15-20)21-16-10-5-11-17-21/h3-18H,2H2,1H3/b22-18+. The van der Waals surface area contributed by atoms with Crippen LogP contribution in [0, 0.1) is 0 Å². The van der Waals surface area contributed by atoms with Crippen LogP contribution in [0.3, 0.4) is 0 Å². The molecule has 2 heteroatoms. The van der Waals surface area contributed by atoms with Gasteiger partial charge in [0.05, 0.1) is 0 Å². The van der Waals surface area contributed by atoms with Gasteiger partial charge in [0.25, 0.3) is 0 Å². The van der Waals surface area contributed by atoms with E-state index in [1.807, 2.05) is 11.8 Å². The first-order valence-electron chi connectivity index (χ1n) is 8.17. The minimum absolute atomic E-state index is 0.562. The summed E-state index contributed by atoms with van der Waals surface area (Å²) in [6, 6.07) is 32.6. The van der Waals surface area contributed by atoms with E-state index in [2.05, 4.69) is 103 Å². The van der Waals surface area contributed by atoms with E-state index in [1.165, 1.54) is 21.5 Å². The Bertz CT molecular complexity index is 727. The minimum Gasteiger partial charge on any atom is -0.134 e. The second-order valence-electron chi connectivity index (χ2n) is 5.33. The number of hydrogen-bond acceptors (Lipinski definition) is 1. The van der Waals surface area contributed by atoms with Crippen molar-refractivity contribution < 1.29 is 0 Å². The van der Waals surface area contributed by atoms with Gasteiger partial charge >= 0.3 is 0 Å². The molecule has 0 unspecified atom stereocenters. The molecule has 0 saturated carbocycles. The van der Waals surface area contributed by atoms with E-state index in [9.17, 15) is 0 Å². The molecule has 0 spiro atoms. The molecule has 0 heterocycles. The van der Waals surface area contributed by atoms with Gasteiger partial charge in [0, 0.05) is 0 Å². The Hall–Kier alpha value is -1.82. The Morgan fingerprint density at radius 1 is 0.750 bits per heavy atom. The summed E-state index contributed by atoms with van der Waals surface area (Å²) in [5.74, 6) is 1.09. The van der Waals surface area contributed by atoms with Crippen molar-refractivity contribution in [1.29, 1.82) is 0 Å². The zero-order valence-corrected chi connectivity index (χ0v) is 15.5. The fourth-order valence-electron chi connectivity index (χ4n) is 2.60. The Labute approximate surface area is 150 Å². The quantitative estimate of drug-likeness (QED) is 0.502. The van der Waals surface area contributed by atoms with Gasteiger partial charge in [-0.25, -0.2) is 0 Å². The molecule has 0 aromatic heterocycles. The molecule has 0 aliphatic carbocycles. The van der Waals surface area contributed by atoms with Crippen molar-refractivity contribution in [2.45, 2.75) is 6.92 Å². The largest absolute Gasteiger partial charge is 0.134 e. The van der Waals surface area contributed by atoms with Gasteiger partial charge in [0.2, 0.25) is 0 Å². The lowest BCUT2D eigenvalue weighted by molar-refractivity contribution is 1.54. The molecule has 0 saturated heterocycles. The van der Waals surface area contributed by atoms with Crippen molar-refractivity contribution in [3.63, 3.8) is 0 Å². The first-order chi connectivity index (χ1) is 11.9. The SMILES string of the molecule is CCS/C=C(\c1ccccc1)P(c1ccccc1)c1ccccc1. The van der Waals surface area contributed by atoms with E-state index in [4.69, 9.17) is 0 Å². The van der Waals surface area contributed by atoms with Crippen molar-refractivity contribution >= 4 is 35.6 Å². The number of hydrogen-bond donors (Lipinski definition) is 0. The van der Waals surface area contributed by atoms with Gasteiger partial charge in [-0.2, -0.15) is 0 Å². The van der Waals surface area contributed by atoms with Crippen molar-refractivity contribution in [3.05, 3.63) is 102 Å². The van der Waals surface area contributed by atoms with Gasteiger partial charge in [-0.15, -0.1) is 11.8 Å². The highest BCUT2D eigenvalue weighted by molar-refractivity contribution is 8.03. The van der Waals surface area contributed by atoms with Gasteiger partial charge in [-0.3, -0.25) is 0 Å². The summed E-state index contributed by atoms with van der Waals surface area (Å²) in [5, 5.41) is 6.58. The first-order valence-corrected chi connectivity index (χ1v) is 10.6. The maximum Gasteiger partial charge on any atom is -0.00156 e. The molecule has 0 aliphatic rings. The second-order valence-corrected chi connectivity index (χ2v) is 8.66. The number of rotatable bonds is 6. The minimum atomic E-state index is -0.562. The Morgan fingerprint density at radius 2 is 1.21 bits per heavy atom. The topological polar surface area (TPSA) is 0 Å². The van der Waals surface area contributed by atoms with Crippen molar-refractivity contribution in [3.8, 4) is 0 Å². The molecule has 0 aliphatic heterocycles. The summed E-state index contributed by atoms with van der Waals surface area (Å²) in [7, 11) is -0.562. The van der Waals surface area contributed by atoms with Crippen LogP contribution in [-0.4, -0.2) is 5.75 Å². The molecule has 3 rings (SSSR count). The van der Waals surface area contributed by atoms with E-state index in [-0.39, 0.29) is 0 Å². The Morgan fingerprint density at radius 3 is 1.67 bits per heavy atom. The van der Waals surface area contributed by atoms with Crippen LogP contribution in [-0.2, 0) is 0 Å². The van der Waals surface area contributed by atoms with Gasteiger partial charge < -0.3 is 0 Å². The summed E-state index contributed by atoms with van der Waals surface area (Å²) < 4.78 is 0. The summed E-state index contributed by atoms with van der Waals surface area (Å²) in [6.45, 7) is 2.21. The van der Waals surface area contributed by atoms with Gasteiger partial charge in [-0.05, 0) is 40.6 Å².